The van der Waals surface area contributed by atoms with Crippen LogP contribution in [0.5, 0.6) is 0 Å². The van der Waals surface area contributed by atoms with E-state index in [1.54, 1.807) is 6.26 Å². The first-order valence-electron chi connectivity index (χ1n) is 5.62. The van der Waals surface area contributed by atoms with Crippen molar-refractivity contribution >= 4 is 10.8 Å². The smallest absolute Gasteiger partial charge is 0.0416 e. The number of nitrogens with one attached hydrogen (secondary N) is 1. The maximum absolute atomic E-state index is 10.9. The van der Waals surface area contributed by atoms with Crippen molar-refractivity contribution in [3.63, 3.8) is 0 Å². The van der Waals surface area contributed by atoms with E-state index in [1.807, 2.05) is 24.4 Å². The van der Waals surface area contributed by atoms with Gasteiger partial charge in [-0.15, -0.1) is 0 Å². The highest BCUT2D eigenvalue weighted by Crippen LogP contribution is 1.96. The molecule has 1 N–H and O–H groups in total. The average Bonchev–Trinajstić information content (AvgIpc) is 2.28. The molecule has 0 saturated heterocycles. The molecule has 3 nitrogen and oxygen atoms in total. The average molecular weight is 240 g/mol. The fourth-order valence-electron chi connectivity index (χ4n) is 1.44. The van der Waals surface area contributed by atoms with Gasteiger partial charge in [0.1, 0.15) is 0 Å². The van der Waals surface area contributed by atoms with Crippen LogP contribution < -0.4 is 5.32 Å². The zero-order chi connectivity index (χ0) is 11.8. The SMILES string of the molecule is CC(CCS(C)=O)NCCc1ccccn1. The first-order valence-corrected chi connectivity index (χ1v) is 7.34. The van der Waals surface area contributed by atoms with Gasteiger partial charge in [-0.05, 0) is 25.5 Å². The van der Waals surface area contributed by atoms with Gasteiger partial charge in [-0.2, -0.15) is 0 Å². The third kappa shape index (κ3) is 5.98. The fourth-order valence-corrected chi connectivity index (χ4v) is 2.12. The standard InChI is InChI=1S/C12H20N2OS/c1-11(7-10-16(2)15)13-9-6-12-5-3-4-8-14-12/h3-5,8,11,13H,6-7,9-10H2,1-2H3. The largest absolute Gasteiger partial charge is 0.314 e. The van der Waals surface area contributed by atoms with Crippen LogP contribution in [-0.4, -0.2) is 33.8 Å². The summed E-state index contributed by atoms with van der Waals surface area (Å²) in [6.07, 6.45) is 5.48. The molecular weight excluding hydrogens is 220 g/mol. The summed E-state index contributed by atoms with van der Waals surface area (Å²) in [5.41, 5.74) is 1.11. The van der Waals surface area contributed by atoms with Crippen molar-refractivity contribution in [3.8, 4) is 0 Å². The Labute approximate surface area is 100 Å². The van der Waals surface area contributed by atoms with Crippen molar-refractivity contribution in [2.45, 2.75) is 25.8 Å². The summed E-state index contributed by atoms with van der Waals surface area (Å²) < 4.78 is 10.9. The minimum absolute atomic E-state index is 0.424. The summed E-state index contributed by atoms with van der Waals surface area (Å²) in [5.74, 6) is 0.776. The number of hydrogen-bond donors (Lipinski definition) is 1. The molecule has 0 saturated carbocycles. The first kappa shape index (κ1) is 13.3. The topological polar surface area (TPSA) is 42.0 Å². The van der Waals surface area contributed by atoms with Crippen molar-refractivity contribution in [2.24, 2.45) is 0 Å². The van der Waals surface area contributed by atoms with E-state index in [0.717, 1.165) is 30.8 Å². The van der Waals surface area contributed by atoms with Crippen molar-refractivity contribution < 1.29 is 4.21 Å². The second kappa shape index (κ2) is 7.52. The monoisotopic (exact) mass is 240 g/mol. The van der Waals surface area contributed by atoms with E-state index in [1.165, 1.54) is 0 Å². The highest BCUT2D eigenvalue weighted by Gasteiger charge is 2.02. The Morgan fingerprint density at radius 1 is 1.50 bits per heavy atom. The Morgan fingerprint density at radius 3 is 2.94 bits per heavy atom. The van der Waals surface area contributed by atoms with Gasteiger partial charge in [0.05, 0.1) is 0 Å². The number of aromatic nitrogens is 1. The molecule has 0 fully saturated rings. The lowest BCUT2D eigenvalue weighted by Gasteiger charge is -2.12. The molecule has 0 aliphatic rings. The Hall–Kier alpha value is -0.740. The van der Waals surface area contributed by atoms with Crippen LogP contribution in [0.15, 0.2) is 24.4 Å². The van der Waals surface area contributed by atoms with Gasteiger partial charge in [0.25, 0.3) is 0 Å². The Balaban J connectivity index is 2.13. The van der Waals surface area contributed by atoms with Gasteiger partial charge in [-0.1, -0.05) is 6.07 Å². The Morgan fingerprint density at radius 2 is 2.31 bits per heavy atom. The van der Waals surface area contributed by atoms with Crippen molar-refractivity contribution in [3.05, 3.63) is 30.1 Å². The minimum atomic E-state index is -0.680. The number of pyridine rings is 1. The molecule has 0 aliphatic heterocycles. The van der Waals surface area contributed by atoms with Gasteiger partial charge < -0.3 is 5.32 Å². The predicted molar refractivity (Wildman–Crippen MR) is 69.0 cm³/mol. The van der Waals surface area contributed by atoms with Crippen molar-refractivity contribution in [1.29, 1.82) is 0 Å². The lowest BCUT2D eigenvalue weighted by atomic mass is 10.2. The molecule has 0 amide bonds. The molecule has 0 aromatic carbocycles. The van der Waals surface area contributed by atoms with E-state index in [9.17, 15) is 4.21 Å². The zero-order valence-electron chi connectivity index (χ0n) is 9.98. The van der Waals surface area contributed by atoms with Gasteiger partial charge >= 0.3 is 0 Å². The van der Waals surface area contributed by atoms with Gasteiger partial charge in [0.15, 0.2) is 0 Å². The van der Waals surface area contributed by atoms with E-state index in [0.29, 0.717) is 6.04 Å². The third-order valence-corrected chi connectivity index (χ3v) is 3.25. The van der Waals surface area contributed by atoms with Crippen molar-refractivity contribution in [2.75, 3.05) is 18.6 Å². The molecule has 1 rings (SSSR count). The van der Waals surface area contributed by atoms with Gasteiger partial charge in [-0.3, -0.25) is 9.19 Å². The summed E-state index contributed by atoms with van der Waals surface area (Å²) >= 11 is 0. The normalized spacial score (nSPS) is 14.6. The molecule has 1 aromatic rings. The lowest BCUT2D eigenvalue weighted by Crippen LogP contribution is -2.29. The second-order valence-electron chi connectivity index (χ2n) is 3.99. The van der Waals surface area contributed by atoms with Crippen LogP contribution in [0, 0.1) is 0 Å². The third-order valence-electron chi connectivity index (χ3n) is 2.44. The van der Waals surface area contributed by atoms with E-state index >= 15 is 0 Å². The summed E-state index contributed by atoms with van der Waals surface area (Å²) in [6, 6.07) is 6.39. The molecule has 2 unspecified atom stereocenters. The summed E-state index contributed by atoms with van der Waals surface area (Å²) in [7, 11) is -0.680. The Kier molecular flexibility index (Phi) is 6.26. The molecule has 0 aliphatic carbocycles. The van der Waals surface area contributed by atoms with Crippen LogP contribution in [-0.2, 0) is 17.2 Å². The maximum Gasteiger partial charge on any atom is 0.0416 e. The number of nitrogens with zero attached hydrogens (tertiary/aromatic N) is 1. The first-order chi connectivity index (χ1) is 7.68. The van der Waals surface area contributed by atoms with Crippen LogP contribution >= 0.6 is 0 Å². The minimum Gasteiger partial charge on any atom is -0.314 e. The molecular formula is C12H20N2OS. The molecule has 0 radical (unpaired) electrons. The quantitative estimate of drug-likeness (QED) is 0.782. The summed E-state index contributed by atoms with van der Waals surface area (Å²) in [6.45, 7) is 3.06. The van der Waals surface area contributed by atoms with E-state index in [4.69, 9.17) is 0 Å². The van der Waals surface area contributed by atoms with Crippen molar-refractivity contribution in [1.82, 2.24) is 10.3 Å². The predicted octanol–water partition coefficient (Wildman–Crippen LogP) is 1.37. The molecule has 2 atom stereocenters. The van der Waals surface area contributed by atoms with Crippen LogP contribution in [0.4, 0.5) is 0 Å². The molecule has 1 heterocycles. The van der Waals surface area contributed by atoms with Crippen LogP contribution in [0.1, 0.15) is 19.0 Å². The molecule has 4 heteroatoms. The van der Waals surface area contributed by atoms with Crippen LogP contribution in [0.2, 0.25) is 0 Å². The van der Waals surface area contributed by atoms with E-state index < -0.39 is 10.8 Å². The number of rotatable bonds is 7. The Bertz CT molecular complexity index is 316. The lowest BCUT2D eigenvalue weighted by molar-refractivity contribution is 0.536. The second-order valence-corrected chi connectivity index (χ2v) is 5.55. The molecule has 0 spiro atoms. The van der Waals surface area contributed by atoms with Crippen LogP contribution in [0.25, 0.3) is 0 Å². The molecule has 16 heavy (non-hydrogen) atoms. The van der Waals surface area contributed by atoms with E-state index in [2.05, 4.69) is 17.2 Å². The highest BCUT2D eigenvalue weighted by molar-refractivity contribution is 7.84. The maximum atomic E-state index is 10.9. The molecule has 0 bridgehead atoms. The zero-order valence-corrected chi connectivity index (χ0v) is 10.8. The van der Waals surface area contributed by atoms with Gasteiger partial charge in [0.2, 0.25) is 0 Å². The molecule has 90 valence electrons. The van der Waals surface area contributed by atoms with Gasteiger partial charge in [-0.25, -0.2) is 0 Å². The summed E-state index contributed by atoms with van der Waals surface area (Å²) in [4.78, 5) is 4.26. The number of hydrogen-bond acceptors (Lipinski definition) is 3. The fraction of sp³-hybridized carbons (Fsp3) is 0.583. The van der Waals surface area contributed by atoms with Gasteiger partial charge in [0, 0.05) is 53.7 Å². The summed E-state index contributed by atoms with van der Waals surface area (Å²) in [5, 5.41) is 3.41. The molecule has 1 aromatic heterocycles. The van der Waals surface area contributed by atoms with Crippen LogP contribution in [0.3, 0.4) is 0 Å². The highest BCUT2D eigenvalue weighted by atomic mass is 32.2. The van der Waals surface area contributed by atoms with E-state index in [-0.39, 0.29) is 0 Å².